The Labute approximate surface area is 164 Å². The van der Waals surface area contributed by atoms with Crippen LogP contribution in [0.25, 0.3) is 0 Å². The van der Waals surface area contributed by atoms with Crippen molar-refractivity contribution in [2.45, 2.75) is 13.0 Å². The highest BCUT2D eigenvalue weighted by atomic mass is 32.1. The Morgan fingerprint density at radius 3 is 2.59 bits per heavy atom. The van der Waals surface area contributed by atoms with Gasteiger partial charge in [-0.2, -0.15) is 0 Å². The average Bonchev–Trinajstić information content (AvgIpc) is 3.14. The van der Waals surface area contributed by atoms with Gasteiger partial charge >= 0.3 is 0 Å². The van der Waals surface area contributed by atoms with Crippen molar-refractivity contribution in [3.63, 3.8) is 0 Å². The first-order valence-corrected chi connectivity index (χ1v) is 9.88. The highest BCUT2D eigenvalue weighted by Gasteiger charge is 2.25. The summed E-state index contributed by atoms with van der Waals surface area (Å²) in [4.78, 5) is 15.7. The number of aryl methyl sites for hydroxylation is 1. The molecule has 1 fully saturated rings. The molecule has 0 aliphatic carbocycles. The van der Waals surface area contributed by atoms with Gasteiger partial charge in [-0.1, -0.05) is 6.07 Å². The van der Waals surface area contributed by atoms with E-state index in [9.17, 15) is 4.79 Å². The van der Waals surface area contributed by atoms with Crippen molar-refractivity contribution >= 4 is 17.2 Å². The van der Waals surface area contributed by atoms with Gasteiger partial charge in [0.25, 0.3) is 5.91 Å². The number of hydrogen-bond donors (Lipinski definition) is 1. The number of ether oxygens (including phenoxy) is 3. The molecule has 6 nitrogen and oxygen atoms in total. The second-order valence-corrected chi connectivity index (χ2v) is 7.34. The van der Waals surface area contributed by atoms with Crippen LogP contribution in [0.1, 0.15) is 26.8 Å². The van der Waals surface area contributed by atoms with Crippen LogP contribution in [0.2, 0.25) is 0 Å². The van der Waals surface area contributed by atoms with Crippen LogP contribution in [0.5, 0.6) is 11.5 Å². The Kier molecular flexibility index (Phi) is 6.71. The average molecular weight is 391 g/mol. The number of carbonyl (C=O) groups excluding carboxylic acids is 1. The van der Waals surface area contributed by atoms with Gasteiger partial charge in [-0.05, 0) is 41.6 Å². The van der Waals surface area contributed by atoms with Crippen LogP contribution in [-0.2, 0) is 4.74 Å². The number of nitrogens with zero attached hydrogens (tertiary/aromatic N) is 1. The molecule has 1 aliphatic heterocycles. The molecule has 27 heavy (non-hydrogen) atoms. The quantitative estimate of drug-likeness (QED) is 0.788. The third-order valence-electron chi connectivity index (χ3n) is 4.80. The molecule has 3 rings (SSSR count). The van der Waals surface area contributed by atoms with Gasteiger partial charge in [-0.15, -0.1) is 11.3 Å². The maximum absolute atomic E-state index is 12.6. The van der Waals surface area contributed by atoms with E-state index in [-0.39, 0.29) is 11.9 Å². The summed E-state index contributed by atoms with van der Waals surface area (Å²) < 4.78 is 16.3. The summed E-state index contributed by atoms with van der Waals surface area (Å²) in [6.07, 6.45) is 0. The summed E-state index contributed by atoms with van der Waals surface area (Å²) in [6, 6.07) is 7.93. The normalized spacial score (nSPS) is 16.0. The number of carbonyl (C=O) groups is 1. The first-order chi connectivity index (χ1) is 13.1. The van der Waals surface area contributed by atoms with Crippen LogP contribution in [0.3, 0.4) is 0 Å². The smallest absolute Gasteiger partial charge is 0.261 e. The molecule has 2 heterocycles. The summed E-state index contributed by atoms with van der Waals surface area (Å²) in [5, 5.41) is 5.05. The minimum absolute atomic E-state index is 0.0266. The largest absolute Gasteiger partial charge is 0.493 e. The minimum Gasteiger partial charge on any atom is -0.493 e. The Balaban J connectivity index is 1.80. The molecule has 1 saturated heterocycles. The molecule has 0 radical (unpaired) electrons. The molecule has 0 bridgehead atoms. The fourth-order valence-electron chi connectivity index (χ4n) is 3.28. The SMILES string of the molecule is COc1ccc([C@H](CNC(=O)c2sccc2C)N2CCOCC2)cc1OC. The predicted molar refractivity (Wildman–Crippen MR) is 106 cm³/mol. The maximum Gasteiger partial charge on any atom is 0.261 e. The number of amides is 1. The van der Waals surface area contributed by atoms with E-state index in [1.54, 1.807) is 14.2 Å². The van der Waals surface area contributed by atoms with Crippen LogP contribution in [0.4, 0.5) is 0 Å². The molecule has 1 amide bonds. The lowest BCUT2D eigenvalue weighted by Crippen LogP contribution is -2.43. The Morgan fingerprint density at radius 2 is 1.96 bits per heavy atom. The van der Waals surface area contributed by atoms with Gasteiger partial charge in [0.2, 0.25) is 0 Å². The van der Waals surface area contributed by atoms with E-state index >= 15 is 0 Å². The van der Waals surface area contributed by atoms with E-state index < -0.39 is 0 Å². The molecule has 1 N–H and O–H groups in total. The van der Waals surface area contributed by atoms with Gasteiger partial charge in [0.1, 0.15) is 0 Å². The summed E-state index contributed by atoms with van der Waals surface area (Å²) in [7, 11) is 3.26. The van der Waals surface area contributed by atoms with E-state index in [2.05, 4.69) is 10.2 Å². The van der Waals surface area contributed by atoms with Crippen LogP contribution >= 0.6 is 11.3 Å². The van der Waals surface area contributed by atoms with E-state index in [0.29, 0.717) is 31.3 Å². The Hall–Kier alpha value is -2.09. The van der Waals surface area contributed by atoms with Gasteiger partial charge < -0.3 is 19.5 Å². The number of rotatable bonds is 7. The lowest BCUT2D eigenvalue weighted by molar-refractivity contribution is 0.0162. The highest BCUT2D eigenvalue weighted by molar-refractivity contribution is 7.12. The second-order valence-electron chi connectivity index (χ2n) is 6.42. The van der Waals surface area contributed by atoms with E-state index in [1.807, 2.05) is 36.6 Å². The Bertz CT molecular complexity index is 771. The molecule has 1 atom stereocenters. The van der Waals surface area contributed by atoms with E-state index in [0.717, 1.165) is 29.1 Å². The third kappa shape index (κ3) is 4.61. The molecule has 7 heteroatoms. The van der Waals surface area contributed by atoms with Crippen LogP contribution < -0.4 is 14.8 Å². The topological polar surface area (TPSA) is 60.0 Å². The monoisotopic (exact) mass is 390 g/mol. The molecule has 0 spiro atoms. The maximum atomic E-state index is 12.6. The van der Waals surface area contributed by atoms with Crippen molar-refractivity contribution in [3.8, 4) is 11.5 Å². The molecule has 1 aromatic carbocycles. The molecular weight excluding hydrogens is 364 g/mol. The number of nitrogens with one attached hydrogen (secondary N) is 1. The van der Waals surface area contributed by atoms with E-state index in [4.69, 9.17) is 14.2 Å². The van der Waals surface area contributed by atoms with Crippen LogP contribution in [0.15, 0.2) is 29.6 Å². The summed E-state index contributed by atoms with van der Waals surface area (Å²) in [5.74, 6) is 1.36. The van der Waals surface area contributed by atoms with Crippen molar-refractivity contribution in [1.82, 2.24) is 10.2 Å². The van der Waals surface area contributed by atoms with Gasteiger partial charge in [0.15, 0.2) is 11.5 Å². The van der Waals surface area contributed by atoms with Gasteiger partial charge in [0, 0.05) is 19.6 Å². The zero-order valence-corrected chi connectivity index (χ0v) is 16.8. The van der Waals surface area contributed by atoms with Crippen molar-refractivity contribution in [3.05, 3.63) is 45.6 Å². The molecule has 2 aromatic rings. The Morgan fingerprint density at radius 1 is 1.22 bits per heavy atom. The minimum atomic E-state index is -0.0266. The zero-order chi connectivity index (χ0) is 19.2. The van der Waals surface area contributed by atoms with Gasteiger partial charge in [0.05, 0.1) is 38.4 Å². The van der Waals surface area contributed by atoms with Gasteiger partial charge in [-0.25, -0.2) is 0 Å². The van der Waals surface area contributed by atoms with Gasteiger partial charge in [-0.3, -0.25) is 9.69 Å². The fourth-order valence-corrected chi connectivity index (χ4v) is 4.12. The zero-order valence-electron chi connectivity index (χ0n) is 16.0. The summed E-state index contributed by atoms with van der Waals surface area (Å²) >= 11 is 1.47. The van der Waals surface area contributed by atoms with Crippen molar-refractivity contribution in [2.75, 3.05) is 47.1 Å². The van der Waals surface area contributed by atoms with Crippen LogP contribution in [-0.4, -0.2) is 57.9 Å². The molecule has 0 saturated carbocycles. The highest BCUT2D eigenvalue weighted by Crippen LogP contribution is 2.32. The number of hydrogen-bond acceptors (Lipinski definition) is 6. The molecule has 1 aromatic heterocycles. The van der Waals surface area contributed by atoms with Crippen LogP contribution in [0, 0.1) is 6.92 Å². The van der Waals surface area contributed by atoms with Crippen molar-refractivity contribution in [2.24, 2.45) is 0 Å². The first kappa shape index (κ1) is 19.7. The lowest BCUT2D eigenvalue weighted by Gasteiger charge is -2.35. The lowest BCUT2D eigenvalue weighted by atomic mass is 10.0. The summed E-state index contributed by atoms with van der Waals surface area (Å²) in [6.45, 7) is 5.52. The van der Waals surface area contributed by atoms with Crippen molar-refractivity contribution in [1.29, 1.82) is 0 Å². The number of morpholine rings is 1. The number of thiophene rings is 1. The summed E-state index contributed by atoms with van der Waals surface area (Å²) in [5.41, 5.74) is 2.09. The standard InChI is InChI=1S/C20H26N2O4S/c1-14-6-11-27-19(14)20(23)21-13-16(22-7-9-26-10-8-22)15-4-5-17(24-2)18(12-15)25-3/h4-6,11-12,16H,7-10,13H2,1-3H3,(H,21,23)/t16-/m0/s1. The number of benzene rings is 1. The predicted octanol–water partition coefficient (Wildman–Crippen LogP) is 2.88. The second kappa shape index (κ2) is 9.21. The first-order valence-electron chi connectivity index (χ1n) is 9.00. The van der Waals surface area contributed by atoms with Crippen molar-refractivity contribution < 1.29 is 19.0 Å². The number of methoxy groups -OCH3 is 2. The van der Waals surface area contributed by atoms with E-state index in [1.165, 1.54) is 11.3 Å². The molecule has 146 valence electrons. The third-order valence-corrected chi connectivity index (χ3v) is 5.82. The molecule has 1 aliphatic rings. The fraction of sp³-hybridized carbons (Fsp3) is 0.450. The molecular formula is C20H26N2O4S. The molecule has 0 unspecified atom stereocenters.